The van der Waals surface area contributed by atoms with Gasteiger partial charge in [0.2, 0.25) is 17.7 Å². The Bertz CT molecular complexity index is 1070. The monoisotopic (exact) mass is 542 g/mol. The second-order valence-corrected chi connectivity index (χ2v) is 11.4. The molecule has 206 valence electrons. The van der Waals surface area contributed by atoms with E-state index in [4.69, 9.17) is 16.3 Å². The molecule has 1 aliphatic carbocycles. The summed E-state index contributed by atoms with van der Waals surface area (Å²) >= 11 is 5.99. The number of nitrogens with zero attached hydrogens (tertiary/aromatic N) is 2. The number of likely N-dealkylation sites (tertiary alicyclic amines) is 1. The molecular weight excluding hydrogens is 504 g/mol. The van der Waals surface area contributed by atoms with Crippen molar-refractivity contribution in [3.8, 4) is 0 Å². The van der Waals surface area contributed by atoms with E-state index in [1.165, 1.54) is 6.42 Å². The number of carbonyl (C=O) groups excluding carboxylic acids is 3. The van der Waals surface area contributed by atoms with Crippen molar-refractivity contribution in [2.75, 3.05) is 26.2 Å². The summed E-state index contributed by atoms with van der Waals surface area (Å²) in [6, 6.07) is 6.63. The first-order valence-electron chi connectivity index (χ1n) is 14.1. The van der Waals surface area contributed by atoms with Crippen molar-refractivity contribution in [3.05, 3.63) is 47.0 Å². The summed E-state index contributed by atoms with van der Waals surface area (Å²) in [6.07, 6.45) is 8.52. The third-order valence-electron chi connectivity index (χ3n) is 8.81. The van der Waals surface area contributed by atoms with Gasteiger partial charge < -0.3 is 25.2 Å². The largest absolute Gasteiger partial charge is 0.359 e. The Hall–Kier alpha value is -2.42. The second kappa shape index (κ2) is 11.4. The number of rotatable bonds is 10. The Morgan fingerprint density at radius 3 is 2.50 bits per heavy atom. The Morgan fingerprint density at radius 1 is 1.11 bits per heavy atom. The molecule has 9 heteroatoms. The fraction of sp³-hybridized carbons (Fsp3) is 0.621. The normalized spacial score (nSPS) is 30.2. The third-order valence-corrected chi connectivity index (χ3v) is 9.06. The van der Waals surface area contributed by atoms with Crippen LogP contribution in [0.3, 0.4) is 0 Å². The van der Waals surface area contributed by atoms with Gasteiger partial charge in [-0.05, 0) is 43.6 Å². The van der Waals surface area contributed by atoms with Crippen molar-refractivity contribution in [1.29, 1.82) is 0 Å². The molecule has 38 heavy (non-hydrogen) atoms. The minimum absolute atomic E-state index is 0.118. The Balaban J connectivity index is 1.38. The fourth-order valence-electron chi connectivity index (χ4n) is 6.73. The van der Waals surface area contributed by atoms with Gasteiger partial charge in [-0.25, -0.2) is 0 Å². The lowest BCUT2D eigenvalue weighted by atomic mass is 9.74. The maximum Gasteiger partial charge on any atom is 0.246 e. The van der Waals surface area contributed by atoms with Crippen LogP contribution in [0.2, 0.25) is 5.02 Å². The quantitative estimate of drug-likeness (QED) is 0.444. The zero-order valence-electron chi connectivity index (χ0n) is 22.3. The molecule has 8 nitrogen and oxygen atoms in total. The molecule has 2 bridgehead atoms. The van der Waals surface area contributed by atoms with Crippen molar-refractivity contribution < 1.29 is 19.1 Å². The lowest BCUT2D eigenvalue weighted by Gasteiger charge is -2.34. The topological polar surface area (TPSA) is 91.0 Å². The van der Waals surface area contributed by atoms with E-state index in [1.54, 1.807) is 17.0 Å². The predicted molar refractivity (Wildman–Crippen MR) is 145 cm³/mol. The zero-order valence-corrected chi connectivity index (χ0v) is 23.1. The molecule has 1 aromatic carbocycles. The minimum atomic E-state index is -1.12. The molecule has 3 heterocycles. The number of ether oxygens (including phenoxy) is 1. The highest BCUT2D eigenvalue weighted by Crippen LogP contribution is 2.55. The van der Waals surface area contributed by atoms with Crippen LogP contribution in [0.1, 0.15) is 51.5 Å². The first-order valence-corrected chi connectivity index (χ1v) is 14.5. The highest BCUT2D eigenvalue weighted by atomic mass is 35.5. The molecule has 5 atom stereocenters. The van der Waals surface area contributed by atoms with Crippen molar-refractivity contribution in [2.45, 2.75) is 76.3 Å². The first kappa shape index (κ1) is 27.2. The number of nitrogens with one attached hydrogen (secondary N) is 2. The molecule has 5 rings (SSSR count). The van der Waals surface area contributed by atoms with Gasteiger partial charge in [0, 0.05) is 30.7 Å². The number of amides is 3. The van der Waals surface area contributed by atoms with Gasteiger partial charge in [0.1, 0.15) is 11.6 Å². The van der Waals surface area contributed by atoms with Gasteiger partial charge in [0.15, 0.2) is 0 Å². The highest BCUT2D eigenvalue weighted by molar-refractivity contribution is 6.30. The molecule has 3 aliphatic heterocycles. The molecule has 1 spiro atoms. The van der Waals surface area contributed by atoms with Crippen LogP contribution in [-0.4, -0.2) is 77.5 Å². The maximum atomic E-state index is 14.0. The van der Waals surface area contributed by atoms with Crippen LogP contribution in [0.15, 0.2) is 36.4 Å². The molecule has 5 unspecified atom stereocenters. The van der Waals surface area contributed by atoms with Crippen LogP contribution in [0.4, 0.5) is 0 Å². The number of fused-ring (bicyclic) bond motifs is 1. The summed E-state index contributed by atoms with van der Waals surface area (Å²) in [7, 11) is 0. The van der Waals surface area contributed by atoms with E-state index in [9.17, 15) is 14.4 Å². The molecule has 1 aromatic rings. The average molecular weight is 543 g/mol. The van der Waals surface area contributed by atoms with Crippen LogP contribution < -0.4 is 10.6 Å². The van der Waals surface area contributed by atoms with Crippen molar-refractivity contribution >= 4 is 29.3 Å². The Morgan fingerprint density at radius 2 is 1.82 bits per heavy atom. The van der Waals surface area contributed by atoms with E-state index >= 15 is 0 Å². The number of likely N-dealkylation sites (N-methyl/N-ethyl adjacent to an activating group) is 1. The lowest BCUT2D eigenvalue weighted by molar-refractivity contribution is -0.142. The van der Waals surface area contributed by atoms with E-state index in [1.807, 2.05) is 24.3 Å². The molecule has 3 amide bonds. The molecule has 2 saturated heterocycles. The molecule has 2 N–H and O–H groups in total. The summed E-state index contributed by atoms with van der Waals surface area (Å²) in [4.78, 5) is 45.3. The van der Waals surface area contributed by atoms with Crippen LogP contribution in [0.5, 0.6) is 0 Å². The summed E-state index contributed by atoms with van der Waals surface area (Å²) < 4.78 is 6.44. The summed E-state index contributed by atoms with van der Waals surface area (Å²) in [5, 5.41) is 6.87. The van der Waals surface area contributed by atoms with Crippen molar-refractivity contribution in [1.82, 2.24) is 20.4 Å². The number of benzene rings is 1. The molecule has 3 fully saturated rings. The number of hydrogen-bond donors (Lipinski definition) is 2. The zero-order chi connectivity index (χ0) is 26.9. The average Bonchev–Trinajstić information content (AvgIpc) is 3.56. The summed E-state index contributed by atoms with van der Waals surface area (Å²) in [5.74, 6) is -1.96. The van der Waals surface area contributed by atoms with E-state index in [2.05, 4.69) is 29.4 Å². The molecule has 1 saturated carbocycles. The van der Waals surface area contributed by atoms with Crippen LogP contribution >= 0.6 is 11.6 Å². The van der Waals surface area contributed by atoms with Gasteiger partial charge in [-0.1, -0.05) is 69.0 Å². The van der Waals surface area contributed by atoms with Crippen molar-refractivity contribution in [3.63, 3.8) is 0 Å². The van der Waals surface area contributed by atoms with E-state index in [-0.39, 0.29) is 23.8 Å². The number of halogens is 1. The number of hydrogen-bond acceptors (Lipinski definition) is 5. The Labute approximate surface area is 230 Å². The minimum Gasteiger partial charge on any atom is -0.359 e. The highest BCUT2D eigenvalue weighted by Gasteiger charge is 2.72. The summed E-state index contributed by atoms with van der Waals surface area (Å²) in [5.41, 5.74) is -0.202. The van der Waals surface area contributed by atoms with Gasteiger partial charge in [-0.2, -0.15) is 0 Å². The molecule has 0 aromatic heterocycles. The van der Waals surface area contributed by atoms with E-state index in [0.29, 0.717) is 24.7 Å². The van der Waals surface area contributed by atoms with E-state index in [0.717, 1.165) is 44.3 Å². The standard InChI is InChI=1S/C29H39ClN4O4/c1-3-33(4-2)16-17-34-25(27(36)32-21-8-6-5-7-9-21)29-15-14-22(38-29)23(24(29)28(34)37)26(35)31-18-19-10-12-20(30)13-11-19/h10-15,21-25H,3-9,16-18H2,1-2H3,(H,31,35)(H,32,36). The fourth-order valence-corrected chi connectivity index (χ4v) is 6.86. The maximum absolute atomic E-state index is 14.0. The second-order valence-electron chi connectivity index (χ2n) is 10.9. The van der Waals surface area contributed by atoms with Crippen LogP contribution in [-0.2, 0) is 25.7 Å². The molecular formula is C29H39ClN4O4. The summed E-state index contributed by atoms with van der Waals surface area (Å²) in [6.45, 7) is 7.31. The third kappa shape index (κ3) is 4.98. The smallest absolute Gasteiger partial charge is 0.246 e. The van der Waals surface area contributed by atoms with Gasteiger partial charge in [0.05, 0.1) is 17.9 Å². The number of carbonyl (C=O) groups is 3. The van der Waals surface area contributed by atoms with Gasteiger partial charge in [-0.3, -0.25) is 14.4 Å². The Kier molecular flexibility index (Phi) is 8.12. The lowest BCUT2D eigenvalue weighted by Crippen LogP contribution is -2.57. The van der Waals surface area contributed by atoms with Crippen molar-refractivity contribution in [2.24, 2.45) is 11.8 Å². The predicted octanol–water partition coefficient (Wildman–Crippen LogP) is 2.90. The van der Waals surface area contributed by atoms with Gasteiger partial charge in [-0.15, -0.1) is 0 Å². The van der Waals surface area contributed by atoms with Gasteiger partial charge >= 0.3 is 0 Å². The van der Waals surface area contributed by atoms with Gasteiger partial charge in [0.25, 0.3) is 0 Å². The van der Waals surface area contributed by atoms with E-state index < -0.39 is 29.6 Å². The van der Waals surface area contributed by atoms with Crippen LogP contribution in [0, 0.1) is 11.8 Å². The SMILES string of the molecule is CCN(CC)CCN1C(=O)C2C(C(=O)NCc3ccc(Cl)cc3)C3C=CC2(O3)C1C(=O)NC1CCCCC1. The molecule has 0 radical (unpaired) electrons. The van der Waals surface area contributed by atoms with Crippen LogP contribution in [0.25, 0.3) is 0 Å². The molecule has 4 aliphatic rings. The first-order chi connectivity index (χ1) is 18.4.